The summed E-state index contributed by atoms with van der Waals surface area (Å²) in [7, 11) is 1.51. The molecule has 0 heterocycles. The molecule has 0 fully saturated rings. The van der Waals surface area contributed by atoms with Gasteiger partial charge in [-0.05, 0) is 6.07 Å². The van der Waals surface area contributed by atoms with Crippen LogP contribution in [-0.4, -0.2) is 12.2 Å². The minimum absolute atomic E-state index is 0.188. The van der Waals surface area contributed by atoms with Crippen molar-refractivity contribution in [3.63, 3.8) is 0 Å². The van der Waals surface area contributed by atoms with E-state index >= 15 is 0 Å². The Morgan fingerprint density at radius 3 is 2.75 bits per heavy atom. The fourth-order valence-electron chi connectivity index (χ4n) is 0.847. The molecule has 0 spiro atoms. The van der Waals surface area contributed by atoms with Gasteiger partial charge in [0.05, 0.1) is 12.1 Å². The first-order valence-corrected chi connectivity index (χ1v) is 4.80. The maximum Gasteiger partial charge on any atom is 0.141 e. The van der Waals surface area contributed by atoms with E-state index in [1.807, 2.05) is 0 Å². The number of halogens is 2. The minimum atomic E-state index is 0.188. The predicted octanol–water partition coefficient (Wildman–Crippen LogP) is 2.95. The molecule has 0 atom stereocenters. The van der Waals surface area contributed by atoms with E-state index in [9.17, 15) is 5.11 Å². The molecule has 66 valence electrons. The number of hydrogen-bond donors (Lipinski definition) is 1. The summed E-state index contributed by atoms with van der Waals surface area (Å²) in [5.41, 5.74) is 0.751. The molecule has 0 amide bonds. The maximum absolute atomic E-state index is 9.38. The van der Waals surface area contributed by atoms with Crippen LogP contribution in [0.15, 0.2) is 12.1 Å². The van der Waals surface area contributed by atoms with Crippen LogP contribution in [0.25, 0.3) is 0 Å². The van der Waals surface area contributed by atoms with Crippen molar-refractivity contribution in [3.05, 3.63) is 22.7 Å². The quantitative estimate of drug-likeness (QED) is 0.819. The molecule has 0 unspecified atom stereocenters. The number of phenolic OH excluding ortho intramolecular Hbond substituents is 1. The van der Waals surface area contributed by atoms with Gasteiger partial charge in [0, 0.05) is 17.0 Å². The highest BCUT2D eigenvalue weighted by molar-refractivity contribution is 9.08. The van der Waals surface area contributed by atoms with Crippen molar-refractivity contribution >= 4 is 27.5 Å². The zero-order chi connectivity index (χ0) is 9.14. The lowest BCUT2D eigenvalue weighted by Crippen LogP contribution is -1.86. The van der Waals surface area contributed by atoms with E-state index in [0.29, 0.717) is 16.1 Å². The fourth-order valence-corrected chi connectivity index (χ4v) is 1.56. The van der Waals surface area contributed by atoms with E-state index in [0.717, 1.165) is 5.56 Å². The van der Waals surface area contributed by atoms with Gasteiger partial charge in [-0.1, -0.05) is 27.5 Å². The summed E-state index contributed by atoms with van der Waals surface area (Å²) in [6, 6.07) is 3.17. The molecule has 0 aliphatic heterocycles. The molecule has 2 nitrogen and oxygen atoms in total. The summed E-state index contributed by atoms with van der Waals surface area (Å²) in [6.45, 7) is 0. The Labute approximate surface area is 84.2 Å². The van der Waals surface area contributed by atoms with Crippen LogP contribution in [0.5, 0.6) is 11.5 Å². The van der Waals surface area contributed by atoms with Crippen LogP contribution < -0.4 is 4.74 Å². The molecule has 12 heavy (non-hydrogen) atoms. The molecular weight excluding hydrogens is 243 g/mol. The second kappa shape index (κ2) is 4.01. The molecule has 1 N–H and O–H groups in total. The lowest BCUT2D eigenvalue weighted by molar-refractivity contribution is 0.407. The molecule has 1 rings (SSSR count). The third-order valence-electron chi connectivity index (χ3n) is 1.50. The van der Waals surface area contributed by atoms with Crippen LogP contribution in [-0.2, 0) is 5.33 Å². The monoisotopic (exact) mass is 250 g/mol. The number of rotatable bonds is 2. The van der Waals surface area contributed by atoms with Crippen molar-refractivity contribution < 1.29 is 9.84 Å². The first-order chi connectivity index (χ1) is 5.69. The van der Waals surface area contributed by atoms with Crippen molar-refractivity contribution in [2.45, 2.75) is 5.33 Å². The molecule has 0 aromatic heterocycles. The van der Waals surface area contributed by atoms with Crippen molar-refractivity contribution in [1.82, 2.24) is 0 Å². The van der Waals surface area contributed by atoms with Crippen molar-refractivity contribution in [3.8, 4) is 11.5 Å². The van der Waals surface area contributed by atoms with E-state index in [1.165, 1.54) is 13.2 Å². The van der Waals surface area contributed by atoms with Gasteiger partial charge in [-0.3, -0.25) is 0 Å². The number of ether oxygens (including phenoxy) is 1. The first kappa shape index (κ1) is 9.68. The number of benzene rings is 1. The summed E-state index contributed by atoms with van der Waals surface area (Å²) in [6.07, 6.45) is 0. The second-order valence-corrected chi connectivity index (χ2v) is 3.22. The van der Waals surface area contributed by atoms with E-state index < -0.39 is 0 Å². The van der Waals surface area contributed by atoms with Gasteiger partial charge in [0.15, 0.2) is 0 Å². The molecular formula is C8H8BrClO2. The van der Waals surface area contributed by atoms with Gasteiger partial charge in [-0.2, -0.15) is 0 Å². The van der Waals surface area contributed by atoms with Gasteiger partial charge in [0.25, 0.3) is 0 Å². The Kier molecular flexibility index (Phi) is 3.23. The molecule has 0 bridgehead atoms. The maximum atomic E-state index is 9.38. The van der Waals surface area contributed by atoms with Crippen LogP contribution in [0.2, 0.25) is 5.02 Å². The first-order valence-electron chi connectivity index (χ1n) is 3.30. The summed E-state index contributed by atoms with van der Waals surface area (Å²) in [5.74, 6) is 0.673. The normalized spacial score (nSPS) is 9.92. The fraction of sp³-hybridized carbons (Fsp3) is 0.250. The highest BCUT2D eigenvalue weighted by Gasteiger charge is 2.06. The van der Waals surface area contributed by atoms with Crippen molar-refractivity contribution in [2.24, 2.45) is 0 Å². The molecule has 0 saturated heterocycles. The van der Waals surface area contributed by atoms with Gasteiger partial charge in [-0.15, -0.1) is 0 Å². The number of phenols is 1. The van der Waals surface area contributed by atoms with Crippen molar-refractivity contribution in [1.29, 1.82) is 0 Å². The zero-order valence-corrected chi connectivity index (χ0v) is 8.82. The lowest BCUT2D eigenvalue weighted by atomic mass is 10.2. The van der Waals surface area contributed by atoms with Gasteiger partial charge in [-0.25, -0.2) is 0 Å². The number of aromatic hydroxyl groups is 1. The lowest BCUT2D eigenvalue weighted by Gasteiger charge is -2.06. The van der Waals surface area contributed by atoms with Gasteiger partial charge >= 0.3 is 0 Å². The molecule has 1 aromatic rings. The SMILES string of the molecule is COc1cc(O)c(CBr)cc1Cl. The summed E-state index contributed by atoms with van der Waals surface area (Å²) in [4.78, 5) is 0. The zero-order valence-electron chi connectivity index (χ0n) is 6.47. The third kappa shape index (κ3) is 1.84. The minimum Gasteiger partial charge on any atom is -0.507 e. The molecule has 1 aromatic carbocycles. The topological polar surface area (TPSA) is 29.5 Å². The number of alkyl halides is 1. The Bertz CT molecular complexity index is 259. The van der Waals surface area contributed by atoms with E-state index in [-0.39, 0.29) is 5.75 Å². The Morgan fingerprint density at radius 2 is 2.25 bits per heavy atom. The third-order valence-corrected chi connectivity index (χ3v) is 2.40. The van der Waals surface area contributed by atoms with E-state index in [4.69, 9.17) is 16.3 Å². The smallest absolute Gasteiger partial charge is 0.141 e. The Morgan fingerprint density at radius 1 is 1.58 bits per heavy atom. The molecule has 0 aliphatic rings. The standard InChI is InChI=1S/C8H8BrClO2/c1-12-8-3-7(11)5(4-9)2-6(8)10/h2-3,11H,4H2,1H3. The van der Waals surface area contributed by atoms with Gasteiger partial charge in [0.2, 0.25) is 0 Å². The van der Waals surface area contributed by atoms with Gasteiger partial charge < -0.3 is 9.84 Å². The summed E-state index contributed by atoms with van der Waals surface area (Å²) >= 11 is 9.05. The van der Waals surface area contributed by atoms with Gasteiger partial charge in [0.1, 0.15) is 11.5 Å². The highest BCUT2D eigenvalue weighted by atomic mass is 79.9. The molecule has 0 aliphatic carbocycles. The van der Waals surface area contributed by atoms with Crippen LogP contribution >= 0.6 is 27.5 Å². The van der Waals surface area contributed by atoms with E-state index in [2.05, 4.69) is 15.9 Å². The largest absolute Gasteiger partial charge is 0.507 e. The van der Waals surface area contributed by atoms with E-state index in [1.54, 1.807) is 6.07 Å². The van der Waals surface area contributed by atoms with Crippen LogP contribution in [0.1, 0.15) is 5.56 Å². The molecule has 0 radical (unpaired) electrons. The van der Waals surface area contributed by atoms with Crippen LogP contribution in [0, 0.1) is 0 Å². The average Bonchev–Trinajstić information content (AvgIpc) is 2.08. The molecule has 4 heteroatoms. The summed E-state index contributed by atoms with van der Waals surface area (Å²) in [5, 5.41) is 10.5. The Balaban J connectivity index is 3.16. The van der Waals surface area contributed by atoms with Crippen LogP contribution in [0.3, 0.4) is 0 Å². The number of methoxy groups -OCH3 is 1. The summed E-state index contributed by atoms with van der Waals surface area (Å²) < 4.78 is 4.92. The molecule has 0 saturated carbocycles. The second-order valence-electron chi connectivity index (χ2n) is 2.25. The van der Waals surface area contributed by atoms with Crippen molar-refractivity contribution in [2.75, 3.05) is 7.11 Å². The van der Waals surface area contributed by atoms with Crippen LogP contribution in [0.4, 0.5) is 0 Å². The Hall–Kier alpha value is -0.410. The highest BCUT2D eigenvalue weighted by Crippen LogP contribution is 2.32. The predicted molar refractivity (Wildman–Crippen MR) is 52.3 cm³/mol. The average molecular weight is 252 g/mol. The number of hydrogen-bond acceptors (Lipinski definition) is 2.